The highest BCUT2D eigenvalue weighted by Gasteiger charge is 2.37. The lowest BCUT2D eigenvalue weighted by molar-refractivity contribution is -0.135. The summed E-state index contributed by atoms with van der Waals surface area (Å²) in [5, 5.41) is 0. The zero-order valence-corrected chi connectivity index (χ0v) is 15.0. The largest absolute Gasteiger partial charge is 0.497 e. The van der Waals surface area contributed by atoms with E-state index in [9.17, 15) is 13.2 Å². The molecule has 1 aliphatic rings. The maximum absolute atomic E-state index is 12.2. The number of hydrogen-bond donors (Lipinski definition) is 1. The van der Waals surface area contributed by atoms with Gasteiger partial charge < -0.3 is 14.4 Å². The van der Waals surface area contributed by atoms with Crippen molar-refractivity contribution >= 4 is 15.9 Å². The van der Waals surface area contributed by atoms with Crippen molar-refractivity contribution in [2.45, 2.75) is 18.9 Å². The van der Waals surface area contributed by atoms with Crippen molar-refractivity contribution in [1.29, 1.82) is 0 Å². The molecule has 1 aromatic carbocycles. The number of hydrogen-bond acceptors (Lipinski definition) is 5. The number of carbonyl (C=O) groups excluding carboxylic acids is 1. The first-order chi connectivity index (χ1) is 11.3. The maximum Gasteiger partial charge on any atom is 0.248 e. The molecule has 0 spiro atoms. The quantitative estimate of drug-likeness (QED) is 0.772. The minimum atomic E-state index is -3.37. The Labute approximate surface area is 143 Å². The Kier molecular flexibility index (Phi) is 6.20. The fraction of sp³-hybridized carbons (Fsp3) is 0.562. The number of rotatable bonds is 7. The van der Waals surface area contributed by atoms with Gasteiger partial charge in [0.1, 0.15) is 12.4 Å². The summed E-state index contributed by atoms with van der Waals surface area (Å²) < 4.78 is 36.3. The minimum Gasteiger partial charge on any atom is -0.497 e. The van der Waals surface area contributed by atoms with Gasteiger partial charge in [-0.3, -0.25) is 4.79 Å². The summed E-state index contributed by atoms with van der Waals surface area (Å²) in [4.78, 5) is 13.8. The number of ether oxygens (including phenoxy) is 2. The van der Waals surface area contributed by atoms with Gasteiger partial charge in [0.15, 0.2) is 0 Å². The molecule has 1 saturated heterocycles. The van der Waals surface area contributed by atoms with E-state index in [4.69, 9.17) is 9.47 Å². The Morgan fingerprint density at radius 3 is 2.50 bits per heavy atom. The van der Waals surface area contributed by atoms with Crippen LogP contribution in [0, 0.1) is 0 Å². The van der Waals surface area contributed by atoms with Crippen LogP contribution >= 0.6 is 0 Å². The van der Waals surface area contributed by atoms with E-state index in [-0.39, 0.29) is 24.5 Å². The van der Waals surface area contributed by atoms with E-state index in [0.717, 1.165) is 17.6 Å². The number of carbonyl (C=O) groups is 1. The van der Waals surface area contributed by atoms with Crippen LogP contribution in [0.3, 0.4) is 0 Å². The van der Waals surface area contributed by atoms with Gasteiger partial charge in [0.25, 0.3) is 0 Å². The van der Waals surface area contributed by atoms with E-state index in [1.165, 1.54) is 0 Å². The lowest BCUT2D eigenvalue weighted by atomic mass is 9.95. The van der Waals surface area contributed by atoms with E-state index in [2.05, 4.69) is 4.72 Å². The average Bonchev–Trinajstić information content (AvgIpc) is 2.94. The Bertz CT molecular complexity index is 660. The van der Waals surface area contributed by atoms with Crippen LogP contribution in [0.4, 0.5) is 0 Å². The number of amides is 1. The van der Waals surface area contributed by atoms with Crippen LogP contribution in [-0.4, -0.2) is 64.9 Å². The second-order valence-corrected chi connectivity index (χ2v) is 7.59. The summed E-state index contributed by atoms with van der Waals surface area (Å²) in [5.74, 6) is 0.484. The molecule has 0 aromatic heterocycles. The number of benzene rings is 1. The lowest BCUT2D eigenvalue weighted by Gasteiger charge is -2.18. The highest BCUT2D eigenvalue weighted by molar-refractivity contribution is 7.88. The van der Waals surface area contributed by atoms with Gasteiger partial charge in [0, 0.05) is 31.7 Å². The van der Waals surface area contributed by atoms with Crippen LogP contribution in [-0.2, 0) is 19.6 Å². The Hall–Kier alpha value is -1.64. The van der Waals surface area contributed by atoms with E-state index >= 15 is 0 Å². The molecular formula is C16H24N2O5S. The summed E-state index contributed by atoms with van der Waals surface area (Å²) in [6, 6.07) is 7.10. The van der Waals surface area contributed by atoms with Crippen molar-refractivity contribution in [3.63, 3.8) is 0 Å². The van der Waals surface area contributed by atoms with Crippen LogP contribution in [0.15, 0.2) is 24.3 Å². The molecule has 0 radical (unpaired) electrons. The number of likely N-dealkylation sites (tertiary alicyclic amines) is 1. The molecular weight excluding hydrogens is 332 g/mol. The van der Waals surface area contributed by atoms with Gasteiger partial charge in [-0.2, -0.15) is 0 Å². The highest BCUT2D eigenvalue weighted by atomic mass is 32.2. The smallest absolute Gasteiger partial charge is 0.248 e. The predicted octanol–water partition coefficient (Wildman–Crippen LogP) is 0.575. The topological polar surface area (TPSA) is 84.9 Å². The Morgan fingerprint density at radius 1 is 1.29 bits per heavy atom. The summed E-state index contributed by atoms with van der Waals surface area (Å²) in [6.07, 6.45) is 1.13. The average molecular weight is 356 g/mol. The molecule has 0 saturated carbocycles. The van der Waals surface area contributed by atoms with Gasteiger partial charge in [-0.15, -0.1) is 0 Å². The third kappa shape index (κ3) is 4.93. The molecule has 134 valence electrons. The monoisotopic (exact) mass is 356 g/mol. The standard InChI is InChI=1S/C16H24N2O5S/c1-4-23-11-16(19)18-9-14(15(10-18)17-24(3,20)21)12-5-7-13(22-2)8-6-12/h5-8,14-15,17H,4,9-11H2,1-3H3/t14-,15+/m0/s1. The number of nitrogens with one attached hydrogen (secondary N) is 1. The second-order valence-electron chi connectivity index (χ2n) is 5.81. The van der Waals surface area contributed by atoms with Gasteiger partial charge in [-0.25, -0.2) is 13.1 Å². The molecule has 1 aromatic rings. The minimum absolute atomic E-state index is 0.0113. The molecule has 1 N–H and O–H groups in total. The third-order valence-corrected chi connectivity index (χ3v) is 4.74. The molecule has 1 amide bonds. The molecule has 1 heterocycles. The number of sulfonamides is 1. The molecule has 1 fully saturated rings. The summed E-state index contributed by atoms with van der Waals surface area (Å²) >= 11 is 0. The third-order valence-electron chi connectivity index (χ3n) is 4.01. The van der Waals surface area contributed by atoms with Gasteiger partial charge in [0.2, 0.25) is 15.9 Å². The van der Waals surface area contributed by atoms with E-state index in [0.29, 0.717) is 19.7 Å². The SMILES string of the molecule is CCOCC(=O)N1C[C@@H](NS(C)(=O)=O)[C@H](c2ccc(OC)cc2)C1. The zero-order chi connectivity index (χ0) is 17.7. The summed E-state index contributed by atoms with van der Waals surface area (Å²) in [6.45, 7) is 3.08. The zero-order valence-electron chi connectivity index (χ0n) is 14.2. The first-order valence-corrected chi connectivity index (χ1v) is 9.70. The van der Waals surface area contributed by atoms with Crippen LogP contribution in [0.1, 0.15) is 18.4 Å². The van der Waals surface area contributed by atoms with E-state index in [1.54, 1.807) is 12.0 Å². The first kappa shape index (κ1) is 18.7. The molecule has 0 bridgehead atoms. The second kappa shape index (κ2) is 7.96. The molecule has 0 aliphatic carbocycles. The van der Waals surface area contributed by atoms with Crippen molar-refractivity contribution in [1.82, 2.24) is 9.62 Å². The number of methoxy groups -OCH3 is 1. The summed E-state index contributed by atoms with van der Waals surface area (Å²) in [7, 11) is -1.78. The van der Waals surface area contributed by atoms with Crippen molar-refractivity contribution in [3.05, 3.63) is 29.8 Å². The lowest BCUT2D eigenvalue weighted by Crippen LogP contribution is -2.40. The van der Waals surface area contributed by atoms with Crippen LogP contribution < -0.4 is 9.46 Å². The summed E-state index contributed by atoms with van der Waals surface area (Å²) in [5.41, 5.74) is 0.962. The fourth-order valence-electron chi connectivity index (χ4n) is 2.87. The van der Waals surface area contributed by atoms with Gasteiger partial charge in [0.05, 0.1) is 13.4 Å². The van der Waals surface area contributed by atoms with Crippen molar-refractivity contribution in [3.8, 4) is 5.75 Å². The van der Waals surface area contributed by atoms with Gasteiger partial charge >= 0.3 is 0 Å². The van der Waals surface area contributed by atoms with Crippen molar-refractivity contribution in [2.24, 2.45) is 0 Å². The highest BCUT2D eigenvalue weighted by Crippen LogP contribution is 2.29. The molecule has 7 nitrogen and oxygen atoms in total. The van der Waals surface area contributed by atoms with Gasteiger partial charge in [-0.1, -0.05) is 12.1 Å². The normalized spacial score (nSPS) is 21.0. The predicted molar refractivity (Wildman–Crippen MR) is 90.6 cm³/mol. The van der Waals surface area contributed by atoms with E-state index < -0.39 is 10.0 Å². The molecule has 2 atom stereocenters. The Balaban J connectivity index is 2.18. The molecule has 2 rings (SSSR count). The van der Waals surface area contributed by atoms with Crippen molar-refractivity contribution < 1.29 is 22.7 Å². The van der Waals surface area contributed by atoms with Crippen LogP contribution in [0.25, 0.3) is 0 Å². The Morgan fingerprint density at radius 2 is 1.96 bits per heavy atom. The van der Waals surface area contributed by atoms with E-state index in [1.807, 2.05) is 31.2 Å². The first-order valence-electron chi connectivity index (χ1n) is 7.80. The maximum atomic E-state index is 12.2. The fourth-order valence-corrected chi connectivity index (χ4v) is 3.66. The van der Waals surface area contributed by atoms with Gasteiger partial charge in [-0.05, 0) is 24.6 Å². The molecule has 1 aliphatic heterocycles. The van der Waals surface area contributed by atoms with Crippen LogP contribution in [0.2, 0.25) is 0 Å². The van der Waals surface area contributed by atoms with Crippen molar-refractivity contribution in [2.75, 3.05) is 39.7 Å². The molecule has 0 unspecified atom stereocenters. The van der Waals surface area contributed by atoms with Crippen LogP contribution in [0.5, 0.6) is 5.75 Å². The molecule has 8 heteroatoms. The molecule has 24 heavy (non-hydrogen) atoms. The number of nitrogens with zero attached hydrogens (tertiary/aromatic N) is 1.